The van der Waals surface area contributed by atoms with Crippen LogP contribution < -0.4 is 0 Å². The predicted molar refractivity (Wildman–Crippen MR) is 119 cm³/mol. The van der Waals surface area contributed by atoms with E-state index in [1.807, 2.05) is 19.1 Å². The van der Waals surface area contributed by atoms with Gasteiger partial charge in [-0.2, -0.15) is 0 Å². The minimum atomic E-state index is -0.357. The van der Waals surface area contributed by atoms with E-state index in [1.54, 1.807) is 17.0 Å². The zero-order valence-electron chi connectivity index (χ0n) is 18.8. The van der Waals surface area contributed by atoms with Crippen molar-refractivity contribution >= 4 is 23.6 Å². The molecule has 0 aromatic heterocycles. The minimum absolute atomic E-state index is 0.0180. The second-order valence-electron chi connectivity index (χ2n) is 10.6. The van der Waals surface area contributed by atoms with Crippen LogP contribution in [0.3, 0.4) is 0 Å². The van der Waals surface area contributed by atoms with Crippen molar-refractivity contribution < 1.29 is 23.9 Å². The van der Waals surface area contributed by atoms with Gasteiger partial charge in [-0.05, 0) is 62.7 Å². The van der Waals surface area contributed by atoms with Gasteiger partial charge in [0.1, 0.15) is 0 Å². The van der Waals surface area contributed by atoms with Gasteiger partial charge in [0.15, 0.2) is 12.4 Å². The first-order chi connectivity index (χ1) is 15.9. The summed E-state index contributed by atoms with van der Waals surface area (Å²) in [5.41, 5.74) is 1.60. The summed E-state index contributed by atoms with van der Waals surface area (Å²) in [7, 11) is 0. The summed E-state index contributed by atoms with van der Waals surface area (Å²) in [6, 6.07) is 7.08. The van der Waals surface area contributed by atoms with E-state index in [1.165, 1.54) is 0 Å². The van der Waals surface area contributed by atoms with Gasteiger partial charge in [-0.15, -0.1) is 0 Å². The van der Waals surface area contributed by atoms with Crippen LogP contribution in [0.15, 0.2) is 36.4 Å². The molecule has 0 spiro atoms. The van der Waals surface area contributed by atoms with Gasteiger partial charge in [-0.1, -0.05) is 42.0 Å². The Morgan fingerprint density at radius 1 is 0.909 bits per heavy atom. The van der Waals surface area contributed by atoms with Crippen LogP contribution in [0.1, 0.15) is 48.0 Å². The minimum Gasteiger partial charge on any atom is -0.457 e. The quantitative estimate of drug-likeness (QED) is 0.299. The van der Waals surface area contributed by atoms with Gasteiger partial charge in [0.25, 0.3) is 0 Å². The van der Waals surface area contributed by atoms with Crippen molar-refractivity contribution in [1.29, 1.82) is 0 Å². The molecule has 3 saturated carbocycles. The summed E-state index contributed by atoms with van der Waals surface area (Å²) in [5.74, 6) is 0.544. The van der Waals surface area contributed by atoms with E-state index in [2.05, 4.69) is 12.2 Å². The Bertz CT molecular complexity index is 1010. The van der Waals surface area contributed by atoms with Gasteiger partial charge in [-0.25, -0.2) is 0 Å². The van der Waals surface area contributed by atoms with Crippen molar-refractivity contribution in [3.05, 3.63) is 47.5 Å². The molecular formula is C27H29NO5. The molecule has 5 aliphatic carbocycles. The molecule has 1 aromatic carbocycles. The van der Waals surface area contributed by atoms with Crippen molar-refractivity contribution in [3.8, 4) is 0 Å². The van der Waals surface area contributed by atoms with E-state index in [0.717, 1.165) is 12.0 Å². The number of amides is 2. The van der Waals surface area contributed by atoms with Crippen molar-refractivity contribution in [2.45, 2.75) is 45.1 Å². The molecule has 6 atom stereocenters. The van der Waals surface area contributed by atoms with E-state index in [0.29, 0.717) is 43.1 Å². The fourth-order valence-electron chi connectivity index (χ4n) is 6.99. The molecule has 6 unspecified atom stereocenters. The Hall–Kier alpha value is -2.76. The lowest BCUT2D eigenvalue weighted by Crippen LogP contribution is -2.44. The lowest BCUT2D eigenvalue weighted by atomic mass is 9.63. The largest absolute Gasteiger partial charge is 0.457 e. The standard InChI is InChI=1S/C27H29NO5/c1-14-2-4-15(5-3-14)22(29)13-33-27(32)16-6-8-17(9-7-16)28-25(30)23-18-10-11-19(21-12-20(18)21)24(23)26(28)31/h2-5,10-11,16-21,23-24H,6-9,12-13H2,1H3. The maximum atomic E-state index is 13.3. The van der Waals surface area contributed by atoms with Crippen LogP contribution in [0.2, 0.25) is 0 Å². The molecule has 1 heterocycles. The first-order valence-electron chi connectivity index (χ1n) is 12.3. The van der Waals surface area contributed by atoms with Crippen LogP contribution in [0.5, 0.6) is 0 Å². The summed E-state index contributed by atoms with van der Waals surface area (Å²) in [4.78, 5) is 53.0. The third-order valence-electron chi connectivity index (χ3n) is 8.81. The Kier molecular flexibility index (Phi) is 4.82. The van der Waals surface area contributed by atoms with Crippen LogP contribution in [0, 0.1) is 48.3 Å². The molecule has 1 aromatic rings. The monoisotopic (exact) mass is 447 g/mol. The first-order valence-corrected chi connectivity index (χ1v) is 12.3. The van der Waals surface area contributed by atoms with Crippen LogP contribution in [-0.2, 0) is 19.1 Å². The number of hydrogen-bond acceptors (Lipinski definition) is 5. The smallest absolute Gasteiger partial charge is 0.309 e. The SMILES string of the molecule is Cc1ccc(C(=O)COC(=O)C2CCC(N3C(=O)C4C5C=CC(C6CC56)C4C3=O)CC2)cc1. The molecule has 6 nitrogen and oxygen atoms in total. The van der Waals surface area contributed by atoms with Gasteiger partial charge in [0, 0.05) is 11.6 Å². The number of Topliss-reactive ketones (excluding diaryl/α,β-unsaturated/α-hetero) is 1. The van der Waals surface area contributed by atoms with Gasteiger partial charge in [-0.3, -0.25) is 24.1 Å². The fourth-order valence-corrected chi connectivity index (χ4v) is 6.99. The van der Waals surface area contributed by atoms with E-state index >= 15 is 0 Å². The molecule has 2 bridgehead atoms. The van der Waals surface area contributed by atoms with Crippen LogP contribution in [-0.4, -0.2) is 41.1 Å². The highest BCUT2D eigenvalue weighted by Crippen LogP contribution is 2.65. The number of carbonyl (C=O) groups excluding carboxylic acids is 4. The Morgan fingerprint density at radius 2 is 1.48 bits per heavy atom. The molecule has 1 aliphatic heterocycles. The number of benzene rings is 1. The molecule has 1 saturated heterocycles. The Labute approximate surface area is 193 Å². The van der Waals surface area contributed by atoms with Crippen LogP contribution >= 0.6 is 0 Å². The molecule has 0 N–H and O–H groups in total. The molecule has 2 amide bonds. The van der Waals surface area contributed by atoms with Crippen molar-refractivity contribution in [2.24, 2.45) is 41.4 Å². The highest BCUT2D eigenvalue weighted by atomic mass is 16.5. The molecular weight excluding hydrogens is 418 g/mol. The lowest BCUT2D eigenvalue weighted by molar-refractivity contribution is -0.149. The summed E-state index contributed by atoms with van der Waals surface area (Å²) < 4.78 is 5.32. The average molecular weight is 448 g/mol. The number of hydrogen-bond donors (Lipinski definition) is 0. The summed E-state index contributed by atoms with van der Waals surface area (Å²) in [5, 5.41) is 0. The number of allylic oxidation sites excluding steroid dienone is 2. The molecule has 33 heavy (non-hydrogen) atoms. The van der Waals surface area contributed by atoms with Crippen LogP contribution in [0.4, 0.5) is 0 Å². The van der Waals surface area contributed by atoms with E-state index in [-0.39, 0.29) is 65.8 Å². The molecule has 172 valence electrons. The number of imide groups is 1. The van der Waals surface area contributed by atoms with Gasteiger partial charge < -0.3 is 4.74 Å². The highest BCUT2D eigenvalue weighted by molar-refractivity contribution is 6.06. The second kappa shape index (κ2) is 7.64. The number of nitrogens with zero attached hydrogens (tertiary/aromatic N) is 1. The average Bonchev–Trinajstić information content (AvgIpc) is 3.61. The summed E-state index contributed by atoms with van der Waals surface area (Å²) in [6.45, 7) is 1.69. The Balaban J connectivity index is 1.04. The summed E-state index contributed by atoms with van der Waals surface area (Å²) >= 11 is 0. The number of carbonyl (C=O) groups is 4. The van der Waals surface area contributed by atoms with Gasteiger partial charge >= 0.3 is 5.97 Å². The topological polar surface area (TPSA) is 80.8 Å². The third-order valence-corrected chi connectivity index (χ3v) is 8.81. The normalized spacial score (nSPS) is 38.2. The lowest BCUT2D eigenvalue weighted by Gasteiger charge is -2.37. The highest BCUT2D eigenvalue weighted by Gasteiger charge is 2.67. The fraction of sp³-hybridized carbons (Fsp3) is 0.556. The molecule has 0 radical (unpaired) electrons. The number of ether oxygens (including phenoxy) is 1. The maximum Gasteiger partial charge on any atom is 0.309 e. The van der Waals surface area contributed by atoms with Crippen molar-refractivity contribution in [3.63, 3.8) is 0 Å². The number of rotatable bonds is 5. The zero-order chi connectivity index (χ0) is 22.9. The van der Waals surface area contributed by atoms with Gasteiger partial charge in [0.05, 0.1) is 17.8 Å². The zero-order valence-corrected chi connectivity index (χ0v) is 18.8. The maximum absolute atomic E-state index is 13.3. The van der Waals surface area contributed by atoms with Gasteiger partial charge in [0.2, 0.25) is 11.8 Å². The number of aryl methyl sites for hydroxylation is 1. The van der Waals surface area contributed by atoms with Crippen molar-refractivity contribution in [1.82, 2.24) is 4.90 Å². The van der Waals surface area contributed by atoms with E-state index in [4.69, 9.17) is 4.74 Å². The third kappa shape index (κ3) is 3.29. The Morgan fingerprint density at radius 3 is 2.06 bits per heavy atom. The van der Waals surface area contributed by atoms with Crippen molar-refractivity contribution in [2.75, 3.05) is 6.61 Å². The molecule has 7 rings (SSSR count). The van der Waals surface area contributed by atoms with E-state index < -0.39 is 0 Å². The predicted octanol–water partition coefficient (Wildman–Crippen LogP) is 3.33. The molecule has 4 fully saturated rings. The summed E-state index contributed by atoms with van der Waals surface area (Å²) in [6.07, 6.45) is 7.95. The first kappa shape index (κ1) is 20.8. The number of ketones is 1. The molecule has 6 heteroatoms. The second-order valence-corrected chi connectivity index (χ2v) is 10.6. The van der Waals surface area contributed by atoms with Crippen LogP contribution in [0.25, 0.3) is 0 Å². The number of esters is 1. The number of likely N-dealkylation sites (tertiary alicyclic amines) is 1. The van der Waals surface area contributed by atoms with E-state index in [9.17, 15) is 19.2 Å². The molecule has 6 aliphatic rings.